The van der Waals surface area contributed by atoms with Crippen molar-refractivity contribution in [2.75, 3.05) is 0 Å². The van der Waals surface area contributed by atoms with E-state index in [0.29, 0.717) is 24.1 Å². The molecule has 0 amide bonds. The summed E-state index contributed by atoms with van der Waals surface area (Å²) in [6, 6.07) is 10.2. The minimum absolute atomic E-state index is 0.415. The number of hydrogen-bond acceptors (Lipinski definition) is 4. The van der Waals surface area contributed by atoms with Gasteiger partial charge in [0.15, 0.2) is 5.76 Å². The lowest BCUT2D eigenvalue weighted by atomic mass is 10.2. The molecule has 0 saturated heterocycles. The van der Waals surface area contributed by atoms with E-state index in [4.69, 9.17) is 8.94 Å². The van der Waals surface area contributed by atoms with Gasteiger partial charge in [0.1, 0.15) is 5.58 Å². The van der Waals surface area contributed by atoms with E-state index >= 15 is 0 Å². The number of nitrogens with one attached hydrogen (secondary N) is 1. The van der Waals surface area contributed by atoms with Crippen LogP contribution in [-0.4, -0.2) is 11.2 Å². The number of fused-ring (bicyclic) bond motifs is 1. The van der Waals surface area contributed by atoms with E-state index in [1.165, 1.54) is 0 Å². The molecule has 0 aliphatic heterocycles. The summed E-state index contributed by atoms with van der Waals surface area (Å²) in [6.07, 6.45) is 0. The van der Waals surface area contributed by atoms with E-state index in [-0.39, 0.29) is 0 Å². The van der Waals surface area contributed by atoms with E-state index < -0.39 is 0 Å². The molecule has 0 unspecified atom stereocenters. The van der Waals surface area contributed by atoms with Crippen LogP contribution in [0.15, 0.2) is 43.7 Å². The minimum atomic E-state index is 0.415. The van der Waals surface area contributed by atoms with Crippen molar-refractivity contribution in [3.05, 3.63) is 40.5 Å². The maximum absolute atomic E-state index is 5.77. The summed E-state index contributed by atoms with van der Waals surface area (Å²) in [6.45, 7) is 4.88. The highest BCUT2D eigenvalue weighted by molar-refractivity contribution is 9.10. The van der Waals surface area contributed by atoms with E-state index in [2.05, 4.69) is 40.3 Å². The zero-order valence-corrected chi connectivity index (χ0v) is 12.9. The standard InChI is InChI=1S/C15H15BrN2O2/c1-9(2)17-8-12-7-15(20-18-12)14-6-10-5-11(16)3-4-13(10)19-14/h3-7,9,17H,8H2,1-2H3. The van der Waals surface area contributed by atoms with Crippen molar-refractivity contribution < 1.29 is 8.94 Å². The molecule has 0 spiro atoms. The number of furan rings is 1. The second-order valence-electron chi connectivity index (χ2n) is 5.01. The first-order valence-electron chi connectivity index (χ1n) is 6.50. The molecule has 3 rings (SSSR count). The second kappa shape index (κ2) is 5.42. The van der Waals surface area contributed by atoms with Gasteiger partial charge < -0.3 is 14.3 Å². The van der Waals surface area contributed by atoms with Crippen LogP contribution in [0, 0.1) is 0 Å². The summed E-state index contributed by atoms with van der Waals surface area (Å²) in [5, 5.41) is 8.38. The van der Waals surface area contributed by atoms with Crippen molar-refractivity contribution in [1.29, 1.82) is 0 Å². The third-order valence-corrected chi connectivity index (χ3v) is 3.46. The molecule has 0 aliphatic rings. The smallest absolute Gasteiger partial charge is 0.202 e. The first kappa shape index (κ1) is 13.4. The van der Waals surface area contributed by atoms with Crippen molar-refractivity contribution in [3.8, 4) is 11.5 Å². The fourth-order valence-corrected chi connectivity index (χ4v) is 2.33. The lowest BCUT2D eigenvalue weighted by Gasteiger charge is -2.03. The fraction of sp³-hybridized carbons (Fsp3) is 0.267. The molecular formula is C15H15BrN2O2. The van der Waals surface area contributed by atoms with Crippen LogP contribution in [-0.2, 0) is 6.54 Å². The summed E-state index contributed by atoms with van der Waals surface area (Å²) in [5.74, 6) is 1.35. The lowest BCUT2D eigenvalue weighted by molar-refractivity contribution is 0.408. The Morgan fingerprint density at radius 1 is 1.20 bits per heavy atom. The maximum Gasteiger partial charge on any atom is 0.202 e. The van der Waals surface area contributed by atoms with Crippen LogP contribution in [0.3, 0.4) is 0 Å². The van der Waals surface area contributed by atoms with Crippen LogP contribution in [0.5, 0.6) is 0 Å². The lowest BCUT2D eigenvalue weighted by Crippen LogP contribution is -2.21. The Kier molecular flexibility index (Phi) is 3.63. The Bertz CT molecular complexity index is 730. The van der Waals surface area contributed by atoms with Gasteiger partial charge in [-0.25, -0.2) is 0 Å². The zero-order valence-electron chi connectivity index (χ0n) is 11.3. The fourth-order valence-electron chi connectivity index (χ4n) is 1.96. The first-order chi connectivity index (χ1) is 9.61. The van der Waals surface area contributed by atoms with Crippen molar-refractivity contribution in [1.82, 2.24) is 10.5 Å². The van der Waals surface area contributed by atoms with Crippen LogP contribution >= 0.6 is 15.9 Å². The number of nitrogens with zero attached hydrogens (tertiary/aromatic N) is 1. The quantitative estimate of drug-likeness (QED) is 0.770. The molecule has 5 heteroatoms. The Labute approximate surface area is 125 Å². The number of benzene rings is 1. The first-order valence-corrected chi connectivity index (χ1v) is 7.29. The summed E-state index contributed by atoms with van der Waals surface area (Å²) in [7, 11) is 0. The van der Waals surface area contributed by atoms with E-state index in [1.807, 2.05) is 30.3 Å². The predicted octanol–water partition coefficient (Wildman–Crippen LogP) is 4.35. The van der Waals surface area contributed by atoms with Crippen LogP contribution in [0.4, 0.5) is 0 Å². The van der Waals surface area contributed by atoms with Gasteiger partial charge in [0, 0.05) is 28.5 Å². The maximum atomic E-state index is 5.77. The molecule has 0 radical (unpaired) electrons. The molecule has 1 aromatic carbocycles. The molecule has 3 aromatic rings. The molecule has 1 N–H and O–H groups in total. The Morgan fingerprint density at radius 2 is 2.05 bits per heavy atom. The van der Waals surface area contributed by atoms with E-state index in [9.17, 15) is 0 Å². The highest BCUT2D eigenvalue weighted by atomic mass is 79.9. The topological polar surface area (TPSA) is 51.2 Å². The van der Waals surface area contributed by atoms with Gasteiger partial charge in [-0.05, 0) is 24.3 Å². The molecule has 0 fully saturated rings. The predicted molar refractivity (Wildman–Crippen MR) is 81.4 cm³/mol. The van der Waals surface area contributed by atoms with Crippen LogP contribution in [0.25, 0.3) is 22.5 Å². The van der Waals surface area contributed by atoms with Gasteiger partial charge in [-0.2, -0.15) is 0 Å². The van der Waals surface area contributed by atoms with Gasteiger partial charge in [0.25, 0.3) is 0 Å². The summed E-state index contributed by atoms with van der Waals surface area (Å²) < 4.78 is 12.1. The summed E-state index contributed by atoms with van der Waals surface area (Å²) >= 11 is 3.45. The van der Waals surface area contributed by atoms with Crippen LogP contribution in [0.1, 0.15) is 19.5 Å². The number of aromatic nitrogens is 1. The van der Waals surface area contributed by atoms with E-state index in [1.54, 1.807) is 0 Å². The van der Waals surface area contributed by atoms with Crippen LogP contribution < -0.4 is 5.32 Å². The van der Waals surface area contributed by atoms with Gasteiger partial charge in [-0.1, -0.05) is 34.9 Å². The number of hydrogen-bond donors (Lipinski definition) is 1. The highest BCUT2D eigenvalue weighted by Crippen LogP contribution is 2.29. The third kappa shape index (κ3) is 2.78. The Hall–Kier alpha value is -1.59. The average Bonchev–Trinajstić information content (AvgIpc) is 3.01. The molecule has 2 heterocycles. The number of halogens is 1. The number of rotatable bonds is 4. The molecule has 0 bridgehead atoms. The molecule has 0 saturated carbocycles. The molecule has 2 aromatic heterocycles. The van der Waals surface area contributed by atoms with Gasteiger partial charge in [0.05, 0.1) is 5.69 Å². The van der Waals surface area contributed by atoms with Crippen molar-refractivity contribution in [3.63, 3.8) is 0 Å². The average molecular weight is 335 g/mol. The minimum Gasteiger partial charge on any atom is -0.453 e. The van der Waals surface area contributed by atoms with Gasteiger partial charge in [0.2, 0.25) is 5.76 Å². The molecule has 20 heavy (non-hydrogen) atoms. The molecule has 0 aliphatic carbocycles. The molecule has 104 valence electrons. The normalized spacial score (nSPS) is 11.6. The van der Waals surface area contributed by atoms with Gasteiger partial charge >= 0.3 is 0 Å². The van der Waals surface area contributed by atoms with Gasteiger partial charge in [-0.15, -0.1) is 0 Å². The monoisotopic (exact) mass is 334 g/mol. The molecular weight excluding hydrogens is 320 g/mol. The van der Waals surface area contributed by atoms with Gasteiger partial charge in [-0.3, -0.25) is 0 Å². The third-order valence-electron chi connectivity index (χ3n) is 2.97. The summed E-state index contributed by atoms with van der Waals surface area (Å²) in [5.41, 5.74) is 1.71. The highest BCUT2D eigenvalue weighted by Gasteiger charge is 2.12. The molecule has 0 atom stereocenters. The summed E-state index contributed by atoms with van der Waals surface area (Å²) in [4.78, 5) is 0. The second-order valence-corrected chi connectivity index (χ2v) is 5.93. The van der Waals surface area contributed by atoms with Crippen molar-refractivity contribution in [2.45, 2.75) is 26.4 Å². The Morgan fingerprint density at radius 3 is 2.85 bits per heavy atom. The largest absolute Gasteiger partial charge is 0.453 e. The van der Waals surface area contributed by atoms with Crippen molar-refractivity contribution >= 4 is 26.9 Å². The van der Waals surface area contributed by atoms with Crippen molar-refractivity contribution in [2.24, 2.45) is 0 Å². The zero-order chi connectivity index (χ0) is 14.1. The van der Waals surface area contributed by atoms with Crippen LogP contribution in [0.2, 0.25) is 0 Å². The van der Waals surface area contributed by atoms with E-state index in [0.717, 1.165) is 21.1 Å². The SMILES string of the molecule is CC(C)NCc1cc(-c2cc3cc(Br)ccc3o2)on1. The molecule has 4 nitrogen and oxygen atoms in total. The Balaban J connectivity index is 1.87.